The lowest BCUT2D eigenvalue weighted by molar-refractivity contribution is 0.575. The third-order valence-electron chi connectivity index (χ3n) is 1.27. The van der Waals surface area contributed by atoms with Gasteiger partial charge in [-0.05, 0) is 5.92 Å². The van der Waals surface area contributed by atoms with E-state index in [-0.39, 0.29) is 0 Å². The van der Waals surface area contributed by atoms with Crippen molar-refractivity contribution in [3.8, 4) is 0 Å². The number of hydrogen-bond acceptors (Lipinski definition) is 0. The molecule has 0 fully saturated rings. The minimum absolute atomic E-state index is 0.884. The Morgan fingerprint density at radius 3 is 2.38 bits per heavy atom. The third-order valence-corrected chi connectivity index (χ3v) is 1.27. The summed E-state index contributed by atoms with van der Waals surface area (Å²) in [5, 5.41) is 0. The average molecular weight is 111 g/mol. The zero-order chi connectivity index (χ0) is 6.41. The van der Waals surface area contributed by atoms with E-state index in [9.17, 15) is 0 Å². The second kappa shape index (κ2) is 5.21. The second-order valence-corrected chi connectivity index (χ2v) is 2.73. The topological polar surface area (TPSA) is 0 Å². The molecule has 0 unspecified atom stereocenters. The highest BCUT2D eigenvalue weighted by Crippen LogP contribution is 2.05. The lowest BCUT2D eigenvalue weighted by atomic mass is 9.76. The monoisotopic (exact) mass is 111 g/mol. The highest BCUT2D eigenvalue weighted by atomic mass is 13.9. The molecule has 0 atom stereocenters. The van der Waals surface area contributed by atoms with E-state index in [2.05, 4.69) is 28.0 Å². The Balaban J connectivity index is 2.72. The lowest BCUT2D eigenvalue weighted by Crippen LogP contribution is -1.88. The average Bonchev–Trinajstić information content (AvgIpc) is 1.66. The van der Waals surface area contributed by atoms with Crippen LogP contribution >= 0.6 is 0 Å². The van der Waals surface area contributed by atoms with Crippen LogP contribution in [-0.4, -0.2) is 7.28 Å². The first-order valence-electron chi connectivity index (χ1n) is 3.55. The first kappa shape index (κ1) is 8.06. The van der Waals surface area contributed by atoms with Crippen molar-refractivity contribution in [2.45, 2.75) is 39.8 Å². The van der Waals surface area contributed by atoms with Gasteiger partial charge in [-0.25, -0.2) is 0 Å². The third kappa shape index (κ3) is 6.06. The molecule has 0 saturated carbocycles. The summed E-state index contributed by atoms with van der Waals surface area (Å²) in [6.45, 7) is 6.67. The maximum Gasteiger partial charge on any atom is 0.105 e. The first-order chi connectivity index (χ1) is 3.77. The molecule has 0 spiro atoms. The van der Waals surface area contributed by atoms with E-state index in [1.165, 1.54) is 19.2 Å². The Morgan fingerprint density at radius 1 is 1.38 bits per heavy atom. The standard InChI is InChI=1S/C7H16B/c1-7(2)5-4-6-8-3/h7H,4-6H2,1-3H3. The smallest absolute Gasteiger partial charge is 0.0920 e. The molecule has 0 aromatic heterocycles. The van der Waals surface area contributed by atoms with Crippen molar-refractivity contribution < 1.29 is 0 Å². The summed E-state index contributed by atoms with van der Waals surface area (Å²) in [4.78, 5) is 0. The molecule has 47 valence electrons. The number of rotatable bonds is 4. The Labute approximate surface area is 53.9 Å². The Morgan fingerprint density at radius 2 is 2.00 bits per heavy atom. The lowest BCUT2D eigenvalue weighted by Gasteiger charge is -2.00. The molecular weight excluding hydrogens is 94.9 g/mol. The summed E-state index contributed by atoms with van der Waals surface area (Å²) in [5.74, 6) is 0.884. The minimum Gasteiger partial charge on any atom is -0.0920 e. The summed E-state index contributed by atoms with van der Waals surface area (Å²) < 4.78 is 0. The van der Waals surface area contributed by atoms with Crippen LogP contribution in [0.4, 0.5) is 0 Å². The van der Waals surface area contributed by atoms with Gasteiger partial charge in [-0.2, -0.15) is 0 Å². The Hall–Kier alpha value is 0.0649. The molecule has 0 bridgehead atoms. The Kier molecular flexibility index (Phi) is 5.25. The van der Waals surface area contributed by atoms with Gasteiger partial charge >= 0.3 is 0 Å². The van der Waals surface area contributed by atoms with Gasteiger partial charge in [-0.15, -0.1) is 0 Å². The van der Waals surface area contributed by atoms with E-state index in [4.69, 9.17) is 0 Å². The van der Waals surface area contributed by atoms with Crippen molar-refractivity contribution in [2.75, 3.05) is 0 Å². The molecule has 0 aliphatic heterocycles. The van der Waals surface area contributed by atoms with Crippen molar-refractivity contribution in [1.29, 1.82) is 0 Å². The summed E-state index contributed by atoms with van der Waals surface area (Å²) in [6, 6.07) is 0. The van der Waals surface area contributed by atoms with Crippen LogP contribution in [0.3, 0.4) is 0 Å². The molecule has 0 aromatic rings. The van der Waals surface area contributed by atoms with Crippen molar-refractivity contribution in [3.05, 3.63) is 0 Å². The maximum atomic E-state index is 2.27. The molecule has 0 aliphatic rings. The molecule has 0 saturated heterocycles. The van der Waals surface area contributed by atoms with E-state index >= 15 is 0 Å². The summed E-state index contributed by atoms with van der Waals surface area (Å²) in [7, 11) is 2.24. The minimum atomic E-state index is 0.884. The molecule has 8 heavy (non-hydrogen) atoms. The molecule has 0 rings (SSSR count). The van der Waals surface area contributed by atoms with Crippen LogP contribution in [0.2, 0.25) is 13.1 Å². The zero-order valence-corrected chi connectivity index (χ0v) is 6.28. The molecule has 0 amide bonds. The van der Waals surface area contributed by atoms with E-state index in [0.717, 1.165) is 5.92 Å². The van der Waals surface area contributed by atoms with Crippen LogP contribution in [0.25, 0.3) is 0 Å². The van der Waals surface area contributed by atoms with Crippen molar-refractivity contribution >= 4 is 7.28 Å². The molecule has 1 heteroatoms. The maximum absolute atomic E-state index is 2.27. The zero-order valence-electron chi connectivity index (χ0n) is 6.28. The van der Waals surface area contributed by atoms with Crippen LogP contribution in [0.5, 0.6) is 0 Å². The fourth-order valence-electron chi connectivity index (χ4n) is 0.730. The quantitative estimate of drug-likeness (QED) is 0.386. The van der Waals surface area contributed by atoms with Crippen molar-refractivity contribution in [1.82, 2.24) is 0 Å². The largest absolute Gasteiger partial charge is 0.105 e. The van der Waals surface area contributed by atoms with Gasteiger partial charge in [0, 0.05) is 0 Å². The molecular formula is C7H16B. The summed E-state index contributed by atoms with van der Waals surface area (Å²) in [6.07, 6.45) is 4.04. The van der Waals surface area contributed by atoms with Crippen LogP contribution in [0.15, 0.2) is 0 Å². The Bertz CT molecular complexity index is 41.7. The van der Waals surface area contributed by atoms with Gasteiger partial charge in [0.25, 0.3) is 0 Å². The fraction of sp³-hybridized carbons (Fsp3) is 1.00. The predicted octanol–water partition coefficient (Wildman–Crippen LogP) is 2.59. The summed E-state index contributed by atoms with van der Waals surface area (Å²) in [5.41, 5.74) is 0. The molecule has 0 nitrogen and oxygen atoms in total. The van der Waals surface area contributed by atoms with E-state index in [0.29, 0.717) is 0 Å². The highest BCUT2D eigenvalue weighted by Gasteiger charge is 1.91. The first-order valence-corrected chi connectivity index (χ1v) is 3.55. The van der Waals surface area contributed by atoms with Gasteiger partial charge in [-0.3, -0.25) is 0 Å². The SMILES string of the molecule is C[B]CCCC(C)C. The van der Waals surface area contributed by atoms with Crippen LogP contribution in [-0.2, 0) is 0 Å². The molecule has 1 radical (unpaired) electrons. The van der Waals surface area contributed by atoms with Crippen LogP contribution in [0, 0.1) is 5.92 Å². The fourth-order valence-corrected chi connectivity index (χ4v) is 0.730. The van der Waals surface area contributed by atoms with Gasteiger partial charge in [-0.1, -0.05) is 39.8 Å². The van der Waals surface area contributed by atoms with E-state index in [1.54, 1.807) is 0 Å². The van der Waals surface area contributed by atoms with Gasteiger partial charge < -0.3 is 0 Å². The normalized spacial score (nSPS) is 10.0. The second-order valence-electron chi connectivity index (χ2n) is 2.73. The highest BCUT2D eigenvalue weighted by molar-refractivity contribution is 6.33. The number of hydrogen-bond donors (Lipinski definition) is 0. The van der Waals surface area contributed by atoms with Gasteiger partial charge in [0.15, 0.2) is 0 Å². The molecule has 0 N–H and O–H groups in total. The van der Waals surface area contributed by atoms with E-state index < -0.39 is 0 Å². The van der Waals surface area contributed by atoms with Gasteiger partial charge in [0.2, 0.25) is 0 Å². The molecule has 0 heterocycles. The molecule has 0 aliphatic carbocycles. The van der Waals surface area contributed by atoms with Crippen LogP contribution in [0.1, 0.15) is 26.7 Å². The van der Waals surface area contributed by atoms with Gasteiger partial charge in [0.05, 0.1) is 0 Å². The van der Waals surface area contributed by atoms with Crippen molar-refractivity contribution in [2.24, 2.45) is 5.92 Å². The van der Waals surface area contributed by atoms with E-state index in [1.807, 2.05) is 0 Å². The van der Waals surface area contributed by atoms with Crippen LogP contribution < -0.4 is 0 Å². The summed E-state index contributed by atoms with van der Waals surface area (Å²) >= 11 is 0. The van der Waals surface area contributed by atoms with Crippen molar-refractivity contribution in [3.63, 3.8) is 0 Å². The molecule has 0 aromatic carbocycles. The van der Waals surface area contributed by atoms with Gasteiger partial charge in [0.1, 0.15) is 7.28 Å². The predicted molar refractivity (Wildman–Crippen MR) is 40.5 cm³/mol.